The Morgan fingerprint density at radius 2 is 1.92 bits per heavy atom. The molecule has 4 nitrogen and oxygen atoms in total. The van der Waals surface area contributed by atoms with E-state index in [0.717, 1.165) is 22.2 Å². The van der Waals surface area contributed by atoms with Crippen LogP contribution in [-0.2, 0) is 4.79 Å². The molecule has 1 heterocycles. The number of nitrogens with one attached hydrogen (secondary N) is 2. The molecule has 0 aliphatic carbocycles. The van der Waals surface area contributed by atoms with Gasteiger partial charge in [0.25, 0.3) is 0 Å². The molecular weight excluding hydrogens is 300 g/mol. The number of para-hydroxylation sites is 2. The number of H-pyrrole nitrogens is 1. The van der Waals surface area contributed by atoms with Crippen molar-refractivity contribution >= 4 is 34.2 Å². The standard InChI is InChI=1S/C20H18N2O2/c1-2-11-21-19-10-6-4-8-16(19)17(20(23)24)12-14-13-22-18-9-5-3-7-15(14)18/h2-10,12-13,21-22H,1,11H2,(H,23,24)/b17-12+. The van der Waals surface area contributed by atoms with Gasteiger partial charge in [0, 0.05) is 40.5 Å². The Morgan fingerprint density at radius 3 is 2.71 bits per heavy atom. The summed E-state index contributed by atoms with van der Waals surface area (Å²) in [5.74, 6) is -0.965. The number of hydrogen-bond acceptors (Lipinski definition) is 2. The van der Waals surface area contributed by atoms with Gasteiger partial charge in [-0.1, -0.05) is 42.5 Å². The lowest BCUT2D eigenvalue weighted by molar-refractivity contribution is -0.130. The van der Waals surface area contributed by atoms with Gasteiger partial charge < -0.3 is 15.4 Å². The van der Waals surface area contributed by atoms with Crippen LogP contribution < -0.4 is 5.32 Å². The lowest BCUT2D eigenvalue weighted by Crippen LogP contribution is -2.05. The molecule has 0 spiro atoms. The molecule has 0 atom stereocenters. The van der Waals surface area contributed by atoms with Gasteiger partial charge in [-0.3, -0.25) is 0 Å². The molecule has 3 rings (SSSR count). The summed E-state index contributed by atoms with van der Waals surface area (Å²) in [5, 5.41) is 13.9. The number of aromatic nitrogens is 1. The van der Waals surface area contributed by atoms with Crippen molar-refractivity contribution in [3.8, 4) is 0 Å². The second kappa shape index (κ2) is 6.87. The predicted octanol–water partition coefficient (Wildman–Crippen LogP) is 4.39. The fourth-order valence-corrected chi connectivity index (χ4v) is 2.68. The zero-order chi connectivity index (χ0) is 16.9. The number of carbonyl (C=O) groups is 1. The number of carboxylic acids is 1. The van der Waals surface area contributed by atoms with Crippen LogP contribution in [0, 0.1) is 0 Å². The second-order valence-corrected chi connectivity index (χ2v) is 5.37. The van der Waals surface area contributed by atoms with Gasteiger partial charge in [0.05, 0.1) is 5.57 Å². The largest absolute Gasteiger partial charge is 0.478 e. The van der Waals surface area contributed by atoms with E-state index in [2.05, 4.69) is 16.9 Å². The first-order chi connectivity index (χ1) is 11.7. The summed E-state index contributed by atoms with van der Waals surface area (Å²) in [6.45, 7) is 4.25. The minimum Gasteiger partial charge on any atom is -0.478 e. The van der Waals surface area contributed by atoms with Crippen LogP contribution in [-0.4, -0.2) is 22.6 Å². The zero-order valence-corrected chi connectivity index (χ0v) is 13.1. The molecule has 0 aliphatic rings. The smallest absolute Gasteiger partial charge is 0.336 e. The molecule has 120 valence electrons. The maximum Gasteiger partial charge on any atom is 0.336 e. The van der Waals surface area contributed by atoms with Crippen LogP contribution in [0.4, 0.5) is 5.69 Å². The number of anilines is 1. The summed E-state index contributed by atoms with van der Waals surface area (Å²) in [6, 6.07) is 15.2. The van der Waals surface area contributed by atoms with Crippen molar-refractivity contribution in [3.63, 3.8) is 0 Å². The highest BCUT2D eigenvalue weighted by molar-refractivity contribution is 6.23. The Bertz CT molecular complexity index is 922. The summed E-state index contributed by atoms with van der Waals surface area (Å²) < 4.78 is 0. The predicted molar refractivity (Wildman–Crippen MR) is 98.9 cm³/mol. The number of fused-ring (bicyclic) bond motifs is 1. The van der Waals surface area contributed by atoms with Gasteiger partial charge in [0.2, 0.25) is 0 Å². The average molecular weight is 318 g/mol. The maximum absolute atomic E-state index is 11.9. The van der Waals surface area contributed by atoms with E-state index in [-0.39, 0.29) is 5.57 Å². The Hall–Kier alpha value is -3.27. The number of aliphatic carboxylic acids is 1. The first kappa shape index (κ1) is 15.6. The normalized spacial score (nSPS) is 11.4. The molecule has 0 bridgehead atoms. The van der Waals surface area contributed by atoms with E-state index in [1.54, 1.807) is 18.2 Å². The lowest BCUT2D eigenvalue weighted by atomic mass is 10.0. The van der Waals surface area contributed by atoms with Crippen LogP contribution in [0.1, 0.15) is 11.1 Å². The Labute approximate surface area is 140 Å². The van der Waals surface area contributed by atoms with E-state index < -0.39 is 5.97 Å². The van der Waals surface area contributed by atoms with Crippen molar-refractivity contribution in [1.29, 1.82) is 0 Å². The number of rotatable bonds is 6. The SMILES string of the molecule is C=CCNc1ccccc1/C(=C\c1c[nH]c2ccccc12)C(=O)O. The first-order valence-corrected chi connectivity index (χ1v) is 7.66. The van der Waals surface area contributed by atoms with Crippen molar-refractivity contribution in [3.05, 3.63) is 78.5 Å². The summed E-state index contributed by atoms with van der Waals surface area (Å²) in [6.07, 6.45) is 5.27. The fourth-order valence-electron chi connectivity index (χ4n) is 2.68. The highest BCUT2D eigenvalue weighted by Gasteiger charge is 2.15. The summed E-state index contributed by atoms with van der Waals surface area (Å²) in [4.78, 5) is 15.0. The number of benzene rings is 2. The van der Waals surface area contributed by atoms with Crippen LogP contribution in [0.2, 0.25) is 0 Å². The molecular formula is C20H18N2O2. The second-order valence-electron chi connectivity index (χ2n) is 5.37. The van der Waals surface area contributed by atoms with Gasteiger partial charge in [-0.2, -0.15) is 0 Å². The Balaban J connectivity index is 2.11. The van der Waals surface area contributed by atoms with E-state index in [0.29, 0.717) is 12.1 Å². The van der Waals surface area contributed by atoms with Gasteiger partial charge in [-0.15, -0.1) is 6.58 Å². The molecule has 2 aromatic carbocycles. The van der Waals surface area contributed by atoms with Gasteiger partial charge in [0.1, 0.15) is 0 Å². The van der Waals surface area contributed by atoms with E-state index in [9.17, 15) is 9.90 Å². The van der Waals surface area contributed by atoms with Crippen molar-refractivity contribution in [2.45, 2.75) is 0 Å². The van der Waals surface area contributed by atoms with Crippen LogP contribution in [0.3, 0.4) is 0 Å². The third-order valence-corrected chi connectivity index (χ3v) is 3.81. The summed E-state index contributed by atoms with van der Waals surface area (Å²) in [5.41, 5.74) is 3.49. The van der Waals surface area contributed by atoms with Crippen molar-refractivity contribution < 1.29 is 9.90 Å². The molecule has 24 heavy (non-hydrogen) atoms. The molecule has 0 saturated heterocycles. The quantitative estimate of drug-likeness (QED) is 0.466. The lowest BCUT2D eigenvalue weighted by Gasteiger charge is -2.11. The molecule has 3 aromatic rings. The van der Waals surface area contributed by atoms with Crippen LogP contribution >= 0.6 is 0 Å². The van der Waals surface area contributed by atoms with Crippen molar-refractivity contribution in [2.24, 2.45) is 0 Å². The third kappa shape index (κ3) is 3.08. The molecule has 0 amide bonds. The molecule has 0 fully saturated rings. The van der Waals surface area contributed by atoms with Crippen molar-refractivity contribution in [2.75, 3.05) is 11.9 Å². The fraction of sp³-hybridized carbons (Fsp3) is 0.0500. The van der Waals surface area contributed by atoms with Crippen LogP contribution in [0.15, 0.2) is 67.4 Å². The minimum atomic E-state index is -0.965. The van der Waals surface area contributed by atoms with Gasteiger partial charge in [0.15, 0.2) is 0 Å². The monoisotopic (exact) mass is 318 g/mol. The summed E-state index contributed by atoms with van der Waals surface area (Å²) in [7, 11) is 0. The summed E-state index contributed by atoms with van der Waals surface area (Å²) >= 11 is 0. The average Bonchev–Trinajstić information content (AvgIpc) is 3.01. The van der Waals surface area contributed by atoms with Crippen LogP contribution in [0.25, 0.3) is 22.6 Å². The highest BCUT2D eigenvalue weighted by Crippen LogP contribution is 2.28. The molecule has 4 heteroatoms. The topological polar surface area (TPSA) is 65.1 Å². The Morgan fingerprint density at radius 1 is 1.17 bits per heavy atom. The number of aromatic amines is 1. The number of carboxylic acid groups (broad SMARTS) is 1. The molecule has 0 saturated carbocycles. The molecule has 3 N–H and O–H groups in total. The first-order valence-electron chi connectivity index (χ1n) is 7.66. The van der Waals surface area contributed by atoms with E-state index in [1.165, 1.54) is 0 Å². The molecule has 1 aromatic heterocycles. The van der Waals surface area contributed by atoms with E-state index >= 15 is 0 Å². The molecule has 0 unspecified atom stereocenters. The van der Waals surface area contributed by atoms with E-state index in [4.69, 9.17) is 0 Å². The highest BCUT2D eigenvalue weighted by atomic mass is 16.4. The molecule has 0 radical (unpaired) electrons. The van der Waals surface area contributed by atoms with Gasteiger partial charge in [-0.25, -0.2) is 4.79 Å². The van der Waals surface area contributed by atoms with Gasteiger partial charge in [-0.05, 0) is 18.2 Å². The van der Waals surface area contributed by atoms with Crippen molar-refractivity contribution in [1.82, 2.24) is 4.98 Å². The van der Waals surface area contributed by atoms with Gasteiger partial charge >= 0.3 is 5.97 Å². The molecule has 0 aliphatic heterocycles. The third-order valence-electron chi connectivity index (χ3n) is 3.81. The Kier molecular flexibility index (Phi) is 4.47. The zero-order valence-electron chi connectivity index (χ0n) is 13.1. The number of hydrogen-bond donors (Lipinski definition) is 3. The maximum atomic E-state index is 11.9. The minimum absolute atomic E-state index is 0.243. The van der Waals surface area contributed by atoms with Crippen LogP contribution in [0.5, 0.6) is 0 Å². The van der Waals surface area contributed by atoms with E-state index in [1.807, 2.05) is 48.7 Å².